The van der Waals surface area contributed by atoms with Crippen LogP contribution in [-0.2, 0) is 0 Å². The Balaban J connectivity index is 1.99. The minimum atomic E-state index is 0.332. The second-order valence-electron chi connectivity index (χ2n) is 4.95. The van der Waals surface area contributed by atoms with E-state index in [1.165, 1.54) is 24.3 Å². The first kappa shape index (κ1) is 12.1. The van der Waals surface area contributed by atoms with Crippen molar-refractivity contribution in [3.05, 3.63) is 22.4 Å². The third-order valence-electron chi connectivity index (χ3n) is 3.74. The molecule has 1 aliphatic rings. The molecule has 2 rings (SSSR count). The van der Waals surface area contributed by atoms with Gasteiger partial charge in [0.1, 0.15) is 0 Å². The fourth-order valence-corrected chi connectivity index (χ4v) is 3.35. The lowest BCUT2D eigenvalue weighted by Gasteiger charge is -2.38. The maximum atomic E-state index is 6.02. The van der Waals surface area contributed by atoms with Crippen molar-refractivity contribution in [3.63, 3.8) is 0 Å². The quantitative estimate of drug-likeness (QED) is 0.877. The van der Waals surface area contributed by atoms with Gasteiger partial charge in [0, 0.05) is 23.5 Å². The van der Waals surface area contributed by atoms with Gasteiger partial charge < -0.3 is 5.73 Å². The van der Waals surface area contributed by atoms with Gasteiger partial charge in [-0.25, -0.2) is 0 Å². The van der Waals surface area contributed by atoms with Crippen molar-refractivity contribution in [2.75, 3.05) is 13.1 Å². The minimum Gasteiger partial charge on any atom is -0.328 e. The van der Waals surface area contributed by atoms with Crippen LogP contribution in [0.15, 0.2) is 17.5 Å². The van der Waals surface area contributed by atoms with Crippen molar-refractivity contribution in [2.45, 2.75) is 38.8 Å². The second kappa shape index (κ2) is 5.30. The van der Waals surface area contributed by atoms with E-state index >= 15 is 0 Å². The molecule has 0 bridgehead atoms. The van der Waals surface area contributed by atoms with Crippen LogP contribution < -0.4 is 5.73 Å². The van der Waals surface area contributed by atoms with E-state index in [9.17, 15) is 0 Å². The number of piperidine rings is 1. The molecule has 90 valence electrons. The van der Waals surface area contributed by atoms with E-state index in [-0.39, 0.29) is 0 Å². The first-order chi connectivity index (χ1) is 7.68. The zero-order valence-electron chi connectivity index (χ0n) is 10.2. The average Bonchev–Trinajstić information content (AvgIpc) is 2.81. The van der Waals surface area contributed by atoms with Gasteiger partial charge >= 0.3 is 0 Å². The fraction of sp³-hybridized carbons (Fsp3) is 0.692. The molecule has 16 heavy (non-hydrogen) atoms. The summed E-state index contributed by atoms with van der Waals surface area (Å²) in [6, 6.07) is 5.27. The van der Waals surface area contributed by atoms with Crippen LogP contribution >= 0.6 is 11.3 Å². The summed E-state index contributed by atoms with van der Waals surface area (Å²) in [6.45, 7) is 6.85. The first-order valence-corrected chi connectivity index (χ1v) is 7.09. The van der Waals surface area contributed by atoms with Gasteiger partial charge in [-0.1, -0.05) is 6.07 Å². The van der Waals surface area contributed by atoms with Crippen LogP contribution in [0.1, 0.15) is 37.6 Å². The van der Waals surface area contributed by atoms with Gasteiger partial charge in [-0.3, -0.25) is 4.90 Å². The fourth-order valence-electron chi connectivity index (χ4n) is 2.53. The van der Waals surface area contributed by atoms with Crippen LogP contribution in [0.4, 0.5) is 0 Å². The first-order valence-electron chi connectivity index (χ1n) is 6.21. The van der Waals surface area contributed by atoms with Crippen molar-refractivity contribution in [1.29, 1.82) is 0 Å². The maximum absolute atomic E-state index is 6.02. The minimum absolute atomic E-state index is 0.332. The molecule has 0 saturated carbocycles. The zero-order valence-corrected chi connectivity index (χ0v) is 11.0. The molecule has 0 spiro atoms. The Hall–Kier alpha value is -0.380. The highest BCUT2D eigenvalue weighted by Crippen LogP contribution is 2.29. The van der Waals surface area contributed by atoms with Crippen LogP contribution in [0.5, 0.6) is 0 Å². The predicted molar refractivity (Wildman–Crippen MR) is 70.7 cm³/mol. The molecule has 0 amide bonds. The molecule has 0 aromatic carbocycles. The number of nitrogens with zero attached hydrogens (tertiary/aromatic N) is 1. The Morgan fingerprint density at radius 1 is 1.50 bits per heavy atom. The Labute approximate surface area is 102 Å². The number of nitrogens with two attached hydrogens (primary N) is 1. The van der Waals surface area contributed by atoms with Crippen molar-refractivity contribution >= 4 is 11.3 Å². The van der Waals surface area contributed by atoms with Crippen LogP contribution in [0, 0.1) is 5.92 Å². The number of likely N-dealkylation sites (tertiary alicyclic amines) is 1. The average molecular weight is 238 g/mol. The number of rotatable bonds is 3. The van der Waals surface area contributed by atoms with Crippen molar-refractivity contribution in [1.82, 2.24) is 4.90 Å². The third kappa shape index (κ3) is 2.65. The molecule has 1 saturated heterocycles. The summed E-state index contributed by atoms with van der Waals surface area (Å²) in [7, 11) is 0. The Kier molecular flexibility index (Phi) is 4.00. The summed E-state index contributed by atoms with van der Waals surface area (Å²) in [5.41, 5.74) is 6.02. The molecule has 2 nitrogen and oxygen atoms in total. The lowest BCUT2D eigenvalue weighted by atomic mass is 9.91. The topological polar surface area (TPSA) is 29.3 Å². The Morgan fingerprint density at radius 2 is 2.31 bits per heavy atom. The van der Waals surface area contributed by atoms with E-state index in [1.807, 2.05) is 11.3 Å². The molecule has 3 atom stereocenters. The molecule has 1 aliphatic heterocycles. The number of hydrogen-bond donors (Lipinski definition) is 1. The summed E-state index contributed by atoms with van der Waals surface area (Å²) >= 11 is 1.86. The molecule has 2 heterocycles. The van der Waals surface area contributed by atoms with Gasteiger partial charge in [0.15, 0.2) is 0 Å². The van der Waals surface area contributed by atoms with Gasteiger partial charge in [-0.15, -0.1) is 11.3 Å². The standard InChI is InChI=1S/C13H22N2S/c1-10(14)12-5-3-7-15(9-12)11(2)13-6-4-8-16-13/h4,6,8,10-12H,3,5,7,9,14H2,1-2H3. The lowest BCUT2D eigenvalue weighted by molar-refractivity contribution is 0.123. The summed E-state index contributed by atoms with van der Waals surface area (Å²) in [5.74, 6) is 0.677. The molecule has 2 N–H and O–H groups in total. The van der Waals surface area contributed by atoms with Crippen LogP contribution in [0.25, 0.3) is 0 Å². The van der Waals surface area contributed by atoms with Gasteiger partial charge in [0.25, 0.3) is 0 Å². The normalized spacial score (nSPS) is 26.6. The van der Waals surface area contributed by atoms with E-state index in [0.29, 0.717) is 18.0 Å². The van der Waals surface area contributed by atoms with Crippen molar-refractivity contribution < 1.29 is 0 Å². The summed E-state index contributed by atoms with van der Waals surface area (Å²) in [6.07, 6.45) is 2.59. The molecule has 0 aliphatic carbocycles. The predicted octanol–water partition coefficient (Wildman–Crippen LogP) is 2.87. The molecular formula is C13H22N2S. The van der Waals surface area contributed by atoms with Gasteiger partial charge in [0.05, 0.1) is 0 Å². The molecule has 3 heteroatoms. The SMILES string of the molecule is CC(N)C1CCCN(C(C)c2cccs2)C1. The van der Waals surface area contributed by atoms with Crippen molar-refractivity contribution in [3.8, 4) is 0 Å². The molecule has 1 aromatic rings. The Bertz CT molecular complexity index is 308. The van der Waals surface area contributed by atoms with Crippen LogP contribution in [0.2, 0.25) is 0 Å². The highest BCUT2D eigenvalue weighted by molar-refractivity contribution is 7.10. The lowest BCUT2D eigenvalue weighted by Crippen LogP contribution is -2.43. The molecule has 1 fully saturated rings. The molecule has 3 unspecified atom stereocenters. The largest absolute Gasteiger partial charge is 0.328 e. The van der Waals surface area contributed by atoms with Gasteiger partial charge in [0.2, 0.25) is 0 Å². The summed E-state index contributed by atoms with van der Waals surface area (Å²) in [5, 5.41) is 2.17. The molecule has 1 aromatic heterocycles. The summed E-state index contributed by atoms with van der Waals surface area (Å²) < 4.78 is 0. The number of hydrogen-bond acceptors (Lipinski definition) is 3. The van der Waals surface area contributed by atoms with Gasteiger partial charge in [-0.05, 0) is 50.6 Å². The van der Waals surface area contributed by atoms with Crippen LogP contribution in [0.3, 0.4) is 0 Å². The van der Waals surface area contributed by atoms with E-state index in [2.05, 4.69) is 36.3 Å². The van der Waals surface area contributed by atoms with Crippen molar-refractivity contribution in [2.24, 2.45) is 11.7 Å². The monoisotopic (exact) mass is 238 g/mol. The maximum Gasteiger partial charge on any atom is 0.0413 e. The van der Waals surface area contributed by atoms with E-state index < -0.39 is 0 Å². The van der Waals surface area contributed by atoms with E-state index in [0.717, 1.165) is 6.54 Å². The van der Waals surface area contributed by atoms with Crippen LogP contribution in [-0.4, -0.2) is 24.0 Å². The third-order valence-corrected chi connectivity index (χ3v) is 4.78. The highest BCUT2D eigenvalue weighted by Gasteiger charge is 2.26. The Morgan fingerprint density at radius 3 is 2.94 bits per heavy atom. The molecular weight excluding hydrogens is 216 g/mol. The molecule has 0 radical (unpaired) electrons. The van der Waals surface area contributed by atoms with Gasteiger partial charge in [-0.2, -0.15) is 0 Å². The summed E-state index contributed by atoms with van der Waals surface area (Å²) in [4.78, 5) is 4.06. The van der Waals surface area contributed by atoms with E-state index in [1.54, 1.807) is 0 Å². The smallest absolute Gasteiger partial charge is 0.0413 e. The zero-order chi connectivity index (χ0) is 11.5. The van der Waals surface area contributed by atoms with E-state index in [4.69, 9.17) is 5.73 Å². The second-order valence-corrected chi connectivity index (χ2v) is 5.93. The highest BCUT2D eigenvalue weighted by atomic mass is 32.1. The number of thiophene rings is 1.